The topological polar surface area (TPSA) is 29.1 Å². The average Bonchev–Trinajstić information content (AvgIpc) is 2.33. The van der Waals surface area contributed by atoms with Gasteiger partial charge in [-0.05, 0) is 37.8 Å². The second-order valence-electron chi connectivity index (χ2n) is 4.29. The second kappa shape index (κ2) is 4.97. The van der Waals surface area contributed by atoms with E-state index in [4.69, 9.17) is 0 Å². The van der Waals surface area contributed by atoms with E-state index in [1.807, 2.05) is 31.2 Å². The van der Waals surface area contributed by atoms with Gasteiger partial charge >= 0.3 is 0 Å². The molecule has 0 spiro atoms. The lowest BCUT2D eigenvalue weighted by molar-refractivity contribution is -0.120. The van der Waals surface area contributed by atoms with Gasteiger partial charge < -0.3 is 5.32 Å². The molecule has 1 aromatic carbocycles. The minimum Gasteiger partial charge on any atom is -0.326 e. The molecule has 1 aliphatic carbocycles. The number of amides is 1. The molecule has 0 bridgehead atoms. The fourth-order valence-electron chi connectivity index (χ4n) is 1.98. The molecule has 0 radical (unpaired) electrons. The lowest BCUT2D eigenvalue weighted by Crippen LogP contribution is -2.23. The van der Waals surface area contributed by atoms with Crippen molar-refractivity contribution >= 4 is 11.6 Å². The highest BCUT2D eigenvalue weighted by molar-refractivity contribution is 5.93. The Hall–Kier alpha value is -1.57. The van der Waals surface area contributed by atoms with Crippen LogP contribution in [0.15, 0.2) is 36.4 Å². The van der Waals surface area contributed by atoms with Crippen LogP contribution < -0.4 is 5.32 Å². The van der Waals surface area contributed by atoms with Crippen LogP contribution >= 0.6 is 0 Å². The molecule has 2 heteroatoms. The Morgan fingerprint density at radius 1 is 1.31 bits per heavy atom. The minimum atomic E-state index is 0.143. The van der Waals surface area contributed by atoms with Gasteiger partial charge in [-0.25, -0.2) is 0 Å². The van der Waals surface area contributed by atoms with Gasteiger partial charge in [-0.1, -0.05) is 30.4 Å². The molecule has 0 aliphatic heterocycles. The van der Waals surface area contributed by atoms with E-state index in [-0.39, 0.29) is 11.8 Å². The van der Waals surface area contributed by atoms with Crippen LogP contribution in [0.4, 0.5) is 5.69 Å². The van der Waals surface area contributed by atoms with E-state index in [0.717, 1.165) is 30.5 Å². The van der Waals surface area contributed by atoms with Crippen LogP contribution in [0.1, 0.15) is 24.8 Å². The van der Waals surface area contributed by atoms with Crippen molar-refractivity contribution in [1.82, 2.24) is 0 Å². The Balaban J connectivity index is 2.02. The maximum Gasteiger partial charge on any atom is 0.227 e. The van der Waals surface area contributed by atoms with Crippen molar-refractivity contribution in [2.24, 2.45) is 5.92 Å². The number of hydrogen-bond donors (Lipinski definition) is 1. The Kier molecular flexibility index (Phi) is 3.40. The minimum absolute atomic E-state index is 0.143. The highest BCUT2D eigenvalue weighted by atomic mass is 16.1. The quantitative estimate of drug-likeness (QED) is 0.753. The summed E-state index contributed by atoms with van der Waals surface area (Å²) in [5, 5.41) is 3.01. The van der Waals surface area contributed by atoms with Crippen LogP contribution in [0.2, 0.25) is 0 Å². The summed E-state index contributed by atoms with van der Waals surface area (Å²) in [5.74, 6) is 0.295. The molecule has 0 saturated carbocycles. The van der Waals surface area contributed by atoms with Crippen LogP contribution in [0.3, 0.4) is 0 Å². The smallest absolute Gasteiger partial charge is 0.227 e. The van der Waals surface area contributed by atoms with E-state index in [9.17, 15) is 4.79 Å². The third-order valence-corrected chi connectivity index (χ3v) is 3.04. The van der Waals surface area contributed by atoms with Gasteiger partial charge in [-0.2, -0.15) is 0 Å². The number of nitrogens with one attached hydrogen (secondary N) is 1. The predicted molar refractivity (Wildman–Crippen MR) is 66.3 cm³/mol. The molecule has 16 heavy (non-hydrogen) atoms. The number of carbonyl (C=O) groups excluding carboxylic acids is 1. The summed E-state index contributed by atoms with van der Waals surface area (Å²) >= 11 is 0. The van der Waals surface area contributed by atoms with Crippen LogP contribution in [-0.2, 0) is 4.79 Å². The highest BCUT2D eigenvalue weighted by Crippen LogP contribution is 2.21. The van der Waals surface area contributed by atoms with E-state index in [0.29, 0.717) is 0 Å². The normalized spacial score (nSPS) is 19.4. The number of hydrogen-bond acceptors (Lipinski definition) is 1. The first kappa shape index (κ1) is 10.9. The number of para-hydroxylation sites is 1. The fraction of sp³-hybridized carbons (Fsp3) is 0.357. The number of allylic oxidation sites excluding steroid dienone is 2. The van der Waals surface area contributed by atoms with E-state index < -0.39 is 0 Å². The Morgan fingerprint density at radius 3 is 2.81 bits per heavy atom. The number of benzene rings is 1. The van der Waals surface area contributed by atoms with Crippen LogP contribution in [0.25, 0.3) is 0 Å². The fourth-order valence-corrected chi connectivity index (χ4v) is 1.98. The molecule has 1 N–H and O–H groups in total. The molecule has 1 aromatic rings. The lowest BCUT2D eigenvalue weighted by atomic mass is 9.93. The van der Waals surface area contributed by atoms with Crippen molar-refractivity contribution in [1.29, 1.82) is 0 Å². The maximum atomic E-state index is 12.0. The van der Waals surface area contributed by atoms with Gasteiger partial charge in [0.05, 0.1) is 0 Å². The van der Waals surface area contributed by atoms with E-state index >= 15 is 0 Å². The number of carbonyl (C=O) groups is 1. The molecular weight excluding hydrogens is 198 g/mol. The van der Waals surface area contributed by atoms with Gasteiger partial charge in [-0.3, -0.25) is 4.79 Å². The molecule has 1 amide bonds. The number of anilines is 1. The molecule has 0 saturated heterocycles. The third-order valence-electron chi connectivity index (χ3n) is 3.04. The average molecular weight is 215 g/mol. The summed E-state index contributed by atoms with van der Waals surface area (Å²) in [6, 6.07) is 7.89. The molecule has 0 heterocycles. The van der Waals surface area contributed by atoms with Gasteiger partial charge in [-0.15, -0.1) is 0 Å². The summed E-state index contributed by atoms with van der Waals surface area (Å²) in [5.41, 5.74) is 2.05. The van der Waals surface area contributed by atoms with Crippen molar-refractivity contribution in [3.8, 4) is 0 Å². The number of aryl methyl sites for hydroxylation is 1. The van der Waals surface area contributed by atoms with Gasteiger partial charge in [0.1, 0.15) is 0 Å². The number of rotatable bonds is 2. The van der Waals surface area contributed by atoms with E-state index in [1.165, 1.54) is 0 Å². The van der Waals surface area contributed by atoms with Crippen molar-refractivity contribution in [3.05, 3.63) is 42.0 Å². The SMILES string of the molecule is Cc1ccccc1NC(=O)[C@H]1CC=CCC1. The maximum absolute atomic E-state index is 12.0. The molecule has 0 aromatic heterocycles. The van der Waals surface area contributed by atoms with Gasteiger partial charge in [0.2, 0.25) is 5.91 Å². The molecular formula is C14H17NO. The Morgan fingerprint density at radius 2 is 2.12 bits per heavy atom. The summed E-state index contributed by atoms with van der Waals surface area (Å²) in [6.07, 6.45) is 7.11. The predicted octanol–water partition coefficient (Wildman–Crippen LogP) is 3.29. The first-order valence-electron chi connectivity index (χ1n) is 5.79. The molecule has 1 atom stereocenters. The molecule has 1 aliphatic rings. The molecule has 2 nitrogen and oxygen atoms in total. The van der Waals surface area contributed by atoms with Crippen molar-refractivity contribution < 1.29 is 4.79 Å². The van der Waals surface area contributed by atoms with Gasteiger partial charge in [0, 0.05) is 11.6 Å². The Labute approximate surface area is 96.4 Å². The van der Waals surface area contributed by atoms with Crippen molar-refractivity contribution in [3.63, 3.8) is 0 Å². The van der Waals surface area contributed by atoms with Crippen LogP contribution in [-0.4, -0.2) is 5.91 Å². The van der Waals surface area contributed by atoms with Gasteiger partial charge in [0.15, 0.2) is 0 Å². The zero-order chi connectivity index (χ0) is 11.4. The molecule has 0 fully saturated rings. The molecule has 84 valence electrons. The summed E-state index contributed by atoms with van der Waals surface area (Å²) in [6.45, 7) is 2.01. The van der Waals surface area contributed by atoms with E-state index in [2.05, 4.69) is 17.5 Å². The zero-order valence-electron chi connectivity index (χ0n) is 9.57. The van der Waals surface area contributed by atoms with Crippen molar-refractivity contribution in [2.75, 3.05) is 5.32 Å². The molecule has 0 unspecified atom stereocenters. The van der Waals surface area contributed by atoms with Crippen LogP contribution in [0, 0.1) is 12.8 Å². The molecule has 2 rings (SSSR count). The summed E-state index contributed by atoms with van der Waals surface area (Å²) in [4.78, 5) is 12.0. The van der Waals surface area contributed by atoms with Crippen molar-refractivity contribution in [2.45, 2.75) is 26.2 Å². The van der Waals surface area contributed by atoms with Gasteiger partial charge in [0.25, 0.3) is 0 Å². The first-order valence-corrected chi connectivity index (χ1v) is 5.79. The largest absolute Gasteiger partial charge is 0.326 e. The monoisotopic (exact) mass is 215 g/mol. The standard InChI is InChI=1S/C14H17NO/c1-11-7-5-6-10-13(11)15-14(16)12-8-3-2-4-9-12/h2-3,5-7,10,12H,4,8-9H2,1H3,(H,15,16)/t12-/m0/s1. The second-order valence-corrected chi connectivity index (χ2v) is 4.29. The first-order chi connectivity index (χ1) is 7.77. The Bertz CT molecular complexity index is 409. The van der Waals surface area contributed by atoms with E-state index in [1.54, 1.807) is 0 Å². The third kappa shape index (κ3) is 2.51. The van der Waals surface area contributed by atoms with Crippen LogP contribution in [0.5, 0.6) is 0 Å². The highest BCUT2D eigenvalue weighted by Gasteiger charge is 2.18. The lowest BCUT2D eigenvalue weighted by Gasteiger charge is -2.18. The summed E-state index contributed by atoms with van der Waals surface area (Å²) < 4.78 is 0. The summed E-state index contributed by atoms with van der Waals surface area (Å²) in [7, 11) is 0. The zero-order valence-corrected chi connectivity index (χ0v) is 9.57.